The van der Waals surface area contributed by atoms with E-state index in [1.807, 2.05) is 12.1 Å². The molecule has 7 nitrogen and oxygen atoms in total. The van der Waals surface area contributed by atoms with Gasteiger partial charge in [-0.25, -0.2) is 9.37 Å². The van der Waals surface area contributed by atoms with Crippen LogP contribution < -0.4 is 10.1 Å². The van der Waals surface area contributed by atoms with Crippen molar-refractivity contribution in [2.75, 3.05) is 13.1 Å². The molecule has 1 N–H and O–H groups in total. The molecule has 0 unspecified atom stereocenters. The Morgan fingerprint density at radius 1 is 1.00 bits per heavy atom. The summed E-state index contributed by atoms with van der Waals surface area (Å²) in [4.78, 5) is 30.1. The number of halogens is 1. The number of ketones is 1. The van der Waals surface area contributed by atoms with E-state index in [9.17, 15) is 9.18 Å². The molecular weight excluding hydrogens is 397 g/mol. The summed E-state index contributed by atoms with van der Waals surface area (Å²) in [6.45, 7) is 1.60. The largest absolute Gasteiger partial charge is 0.471 e. The molecule has 31 heavy (non-hydrogen) atoms. The van der Waals surface area contributed by atoms with Crippen molar-refractivity contribution < 1.29 is 13.9 Å². The lowest BCUT2D eigenvalue weighted by molar-refractivity contribution is 0.0992. The van der Waals surface area contributed by atoms with Gasteiger partial charge in [-0.1, -0.05) is 0 Å². The van der Waals surface area contributed by atoms with E-state index in [-0.39, 0.29) is 24.1 Å². The molecular formula is C23H18FN5O2. The number of benzene rings is 1. The summed E-state index contributed by atoms with van der Waals surface area (Å²) in [5, 5.41) is 4.88. The minimum absolute atomic E-state index is 0.112. The van der Waals surface area contributed by atoms with E-state index in [0.29, 0.717) is 28.5 Å². The Bertz CT molecular complexity index is 1260. The molecule has 0 amide bonds. The van der Waals surface area contributed by atoms with E-state index in [2.05, 4.69) is 25.3 Å². The highest BCUT2D eigenvalue weighted by atomic mass is 19.1. The molecule has 3 aromatic heterocycles. The van der Waals surface area contributed by atoms with Crippen LogP contribution in [0, 0.1) is 5.82 Å². The lowest BCUT2D eigenvalue weighted by Crippen LogP contribution is -2.50. The first kappa shape index (κ1) is 19.2. The number of carbonyl (C=O) groups excluding carboxylic acids is 1. The molecule has 8 heteroatoms. The summed E-state index contributed by atoms with van der Waals surface area (Å²) < 4.78 is 18.9. The number of Topliss-reactive ketones (excluding diaryl/α,β-unsaturated/α-hetero) is 1. The number of aromatic nitrogens is 4. The Morgan fingerprint density at radius 3 is 2.58 bits per heavy atom. The second kappa shape index (κ2) is 8.16. The van der Waals surface area contributed by atoms with Crippen molar-refractivity contribution in [1.82, 2.24) is 25.3 Å². The molecule has 1 fully saturated rings. The highest BCUT2D eigenvalue weighted by molar-refractivity contribution is 5.97. The Labute approximate surface area is 177 Å². The molecule has 154 valence electrons. The molecule has 1 aliphatic rings. The maximum Gasteiger partial charge on any atom is 0.233 e. The fourth-order valence-corrected chi connectivity index (χ4v) is 3.27. The fourth-order valence-electron chi connectivity index (χ4n) is 3.27. The van der Waals surface area contributed by atoms with Gasteiger partial charge in [-0.2, -0.15) is 0 Å². The van der Waals surface area contributed by atoms with E-state index in [1.54, 1.807) is 24.8 Å². The number of hydrogen-bond acceptors (Lipinski definition) is 7. The van der Waals surface area contributed by atoms with Gasteiger partial charge in [0.05, 0.1) is 24.5 Å². The number of carbonyl (C=O) groups is 1. The normalized spacial score (nSPS) is 13.7. The molecule has 0 saturated carbocycles. The van der Waals surface area contributed by atoms with Crippen LogP contribution in [-0.4, -0.2) is 44.9 Å². The maximum absolute atomic E-state index is 13.1. The van der Waals surface area contributed by atoms with Crippen LogP contribution in [0.1, 0.15) is 16.1 Å². The summed E-state index contributed by atoms with van der Waals surface area (Å²) in [7, 11) is 0. The Morgan fingerprint density at radius 2 is 1.81 bits per heavy atom. The maximum atomic E-state index is 13.1. The predicted molar refractivity (Wildman–Crippen MR) is 112 cm³/mol. The Kier molecular flexibility index (Phi) is 5.05. The zero-order valence-electron chi connectivity index (χ0n) is 16.5. The first-order valence-electron chi connectivity index (χ1n) is 9.87. The highest BCUT2D eigenvalue weighted by Gasteiger charge is 2.19. The van der Waals surface area contributed by atoms with Gasteiger partial charge in [-0.05, 0) is 41.8 Å². The van der Waals surface area contributed by atoms with Crippen molar-refractivity contribution in [1.29, 1.82) is 0 Å². The Balaban J connectivity index is 1.39. The average Bonchev–Trinajstić information content (AvgIpc) is 2.76. The van der Waals surface area contributed by atoms with Crippen molar-refractivity contribution in [2.45, 2.75) is 12.5 Å². The fraction of sp³-hybridized carbons (Fsp3) is 0.174. The topological polar surface area (TPSA) is 89.9 Å². The van der Waals surface area contributed by atoms with E-state index in [1.165, 1.54) is 24.3 Å². The molecule has 0 bridgehead atoms. The van der Waals surface area contributed by atoms with Crippen molar-refractivity contribution in [3.63, 3.8) is 0 Å². The number of rotatable bonds is 6. The van der Waals surface area contributed by atoms with E-state index in [0.717, 1.165) is 23.9 Å². The summed E-state index contributed by atoms with van der Waals surface area (Å²) in [6.07, 6.45) is 6.87. The van der Waals surface area contributed by atoms with Crippen molar-refractivity contribution in [3.05, 3.63) is 78.3 Å². The van der Waals surface area contributed by atoms with Crippen LogP contribution in [-0.2, 0) is 6.42 Å². The minimum atomic E-state index is -0.373. The molecule has 5 rings (SSSR count). The predicted octanol–water partition coefficient (Wildman–Crippen LogP) is 3.00. The van der Waals surface area contributed by atoms with Crippen LogP contribution >= 0.6 is 0 Å². The van der Waals surface area contributed by atoms with Gasteiger partial charge in [-0.3, -0.25) is 19.7 Å². The van der Waals surface area contributed by atoms with Crippen LogP contribution in [0.5, 0.6) is 5.88 Å². The number of fused-ring (bicyclic) bond motifs is 1. The molecule has 1 aliphatic heterocycles. The first-order chi connectivity index (χ1) is 15.1. The quantitative estimate of drug-likeness (QED) is 0.484. The van der Waals surface area contributed by atoms with Gasteiger partial charge in [0.15, 0.2) is 5.78 Å². The minimum Gasteiger partial charge on any atom is -0.471 e. The zero-order valence-corrected chi connectivity index (χ0v) is 16.5. The number of hydrogen-bond donors (Lipinski definition) is 1. The van der Waals surface area contributed by atoms with Gasteiger partial charge in [-0.15, -0.1) is 0 Å². The van der Waals surface area contributed by atoms with Crippen LogP contribution in [0.2, 0.25) is 0 Å². The van der Waals surface area contributed by atoms with Gasteiger partial charge in [0, 0.05) is 42.1 Å². The third-order valence-electron chi connectivity index (χ3n) is 5.07. The summed E-state index contributed by atoms with van der Waals surface area (Å²) in [5.74, 6) is -0.0316. The molecule has 0 radical (unpaired) electrons. The molecule has 1 aromatic carbocycles. The van der Waals surface area contributed by atoms with Gasteiger partial charge < -0.3 is 10.1 Å². The van der Waals surface area contributed by atoms with Crippen molar-refractivity contribution >= 4 is 16.6 Å². The van der Waals surface area contributed by atoms with Gasteiger partial charge in [0.1, 0.15) is 17.6 Å². The zero-order chi connectivity index (χ0) is 21.2. The average molecular weight is 415 g/mol. The lowest BCUT2D eigenvalue weighted by Gasteiger charge is -2.27. The van der Waals surface area contributed by atoms with E-state index < -0.39 is 0 Å². The van der Waals surface area contributed by atoms with Crippen molar-refractivity contribution in [2.24, 2.45) is 0 Å². The van der Waals surface area contributed by atoms with Crippen LogP contribution in [0.4, 0.5) is 4.39 Å². The van der Waals surface area contributed by atoms with Gasteiger partial charge in [0.2, 0.25) is 5.88 Å². The van der Waals surface area contributed by atoms with Gasteiger partial charge >= 0.3 is 0 Å². The third-order valence-corrected chi connectivity index (χ3v) is 5.07. The summed E-state index contributed by atoms with van der Waals surface area (Å²) in [6, 6.07) is 9.26. The second-order valence-electron chi connectivity index (χ2n) is 7.34. The number of nitrogens with one attached hydrogen (secondary N) is 1. The third kappa shape index (κ3) is 4.24. The van der Waals surface area contributed by atoms with Crippen LogP contribution in [0.25, 0.3) is 22.2 Å². The molecule has 4 heterocycles. The monoisotopic (exact) mass is 415 g/mol. The van der Waals surface area contributed by atoms with Crippen molar-refractivity contribution in [3.8, 4) is 17.3 Å². The SMILES string of the molecule is O=C(Cc1cc2cc(-c3cncc(OC4CNC4)n3)ncc2cn1)c1ccc(F)cc1. The molecule has 4 aromatic rings. The molecule has 0 atom stereocenters. The summed E-state index contributed by atoms with van der Waals surface area (Å²) >= 11 is 0. The molecule has 0 aliphatic carbocycles. The first-order valence-corrected chi connectivity index (χ1v) is 9.87. The Hall–Kier alpha value is -3.78. The summed E-state index contributed by atoms with van der Waals surface area (Å²) in [5.41, 5.74) is 2.33. The second-order valence-corrected chi connectivity index (χ2v) is 7.34. The number of ether oxygens (including phenoxy) is 1. The van der Waals surface area contributed by atoms with E-state index in [4.69, 9.17) is 4.74 Å². The smallest absolute Gasteiger partial charge is 0.233 e. The standard InChI is InChI=1S/C23H18FN5O2/c24-17-3-1-14(2-4-17)22(30)7-18-5-15-6-20(28-9-16(15)8-27-18)21-12-26-13-23(29-21)31-19-10-25-11-19/h1-6,8-9,12-13,19,25H,7,10-11H2. The van der Waals surface area contributed by atoms with Crippen LogP contribution in [0.3, 0.4) is 0 Å². The molecule has 0 spiro atoms. The van der Waals surface area contributed by atoms with Gasteiger partial charge in [0.25, 0.3) is 0 Å². The molecule has 1 saturated heterocycles. The lowest BCUT2D eigenvalue weighted by atomic mass is 10.0. The van der Waals surface area contributed by atoms with E-state index >= 15 is 0 Å². The highest BCUT2D eigenvalue weighted by Crippen LogP contribution is 2.22. The number of nitrogens with zero attached hydrogens (tertiary/aromatic N) is 4. The number of pyridine rings is 2. The van der Waals surface area contributed by atoms with Crippen LogP contribution in [0.15, 0.2) is 61.2 Å².